The molecule has 0 saturated carbocycles. The Morgan fingerprint density at radius 2 is 1.97 bits per heavy atom. The smallest absolute Gasteiger partial charge is 0.302 e. The van der Waals surface area contributed by atoms with Gasteiger partial charge in [0, 0.05) is 18.0 Å². The Bertz CT molecular complexity index is 1490. The number of pyridine rings is 1. The van der Waals surface area contributed by atoms with Gasteiger partial charge in [-0.25, -0.2) is 4.98 Å². The van der Waals surface area contributed by atoms with Crippen molar-refractivity contribution < 1.29 is 19.4 Å². The number of carbonyl (C=O) groups is 2. The number of nitrogens with one attached hydrogen (secondary N) is 1. The van der Waals surface area contributed by atoms with Gasteiger partial charge in [-0.15, -0.1) is 0 Å². The van der Waals surface area contributed by atoms with E-state index in [4.69, 9.17) is 4.74 Å². The molecule has 36 heavy (non-hydrogen) atoms. The number of anilines is 1. The van der Waals surface area contributed by atoms with Crippen molar-refractivity contribution in [3.63, 3.8) is 0 Å². The molecule has 0 radical (unpaired) electrons. The van der Waals surface area contributed by atoms with Crippen molar-refractivity contribution in [1.82, 2.24) is 15.0 Å². The number of aromatic nitrogens is 3. The van der Waals surface area contributed by atoms with Crippen molar-refractivity contribution in [2.24, 2.45) is 5.92 Å². The number of hydrogen-bond acceptors (Lipinski definition) is 6. The van der Waals surface area contributed by atoms with E-state index in [1.165, 1.54) is 4.90 Å². The van der Waals surface area contributed by atoms with Crippen LogP contribution in [-0.4, -0.2) is 38.4 Å². The van der Waals surface area contributed by atoms with E-state index < -0.39 is 17.7 Å². The summed E-state index contributed by atoms with van der Waals surface area (Å²) in [5.41, 5.74) is 3.35. The molecule has 0 spiro atoms. The minimum atomic E-state index is -0.916. The van der Waals surface area contributed by atoms with Crippen LogP contribution in [-0.2, 0) is 9.59 Å². The Kier molecular flexibility index (Phi) is 6.01. The molecule has 2 aromatic heterocycles. The quantitative estimate of drug-likeness (QED) is 0.229. The van der Waals surface area contributed by atoms with Gasteiger partial charge in [0.25, 0.3) is 5.78 Å². The van der Waals surface area contributed by atoms with Crippen LogP contribution in [0.3, 0.4) is 0 Å². The molecule has 1 amide bonds. The van der Waals surface area contributed by atoms with Gasteiger partial charge < -0.3 is 14.8 Å². The molecule has 4 aromatic rings. The number of carbonyl (C=O) groups excluding carboxylic acids is 2. The first kappa shape index (κ1) is 23.3. The number of hydrogen-bond donors (Lipinski definition) is 2. The number of aliphatic hydroxyl groups excluding tert-OH is 1. The third-order valence-corrected chi connectivity index (χ3v) is 5.99. The number of Topliss-reactive ketones (excluding diaryl/α,β-unsaturated/α-hetero) is 1. The average molecular weight is 483 g/mol. The number of nitrogens with zero attached hydrogens (tertiary/aromatic N) is 3. The molecule has 1 unspecified atom stereocenters. The zero-order valence-electron chi connectivity index (χ0n) is 20.2. The summed E-state index contributed by atoms with van der Waals surface area (Å²) in [6.45, 7) is 6.55. The fraction of sp³-hybridized carbons (Fsp3) is 0.214. The third kappa shape index (κ3) is 4.22. The number of ketones is 1. The summed E-state index contributed by atoms with van der Waals surface area (Å²) in [4.78, 5) is 39.9. The van der Waals surface area contributed by atoms with Crippen LogP contribution < -0.4 is 9.64 Å². The van der Waals surface area contributed by atoms with Crippen LogP contribution in [0.4, 0.5) is 5.95 Å². The highest BCUT2D eigenvalue weighted by atomic mass is 16.5. The topological polar surface area (TPSA) is 108 Å². The number of aryl methyl sites for hydroxylation is 1. The maximum atomic E-state index is 13.4. The lowest BCUT2D eigenvalue weighted by Gasteiger charge is -2.22. The van der Waals surface area contributed by atoms with Crippen molar-refractivity contribution >= 4 is 34.4 Å². The van der Waals surface area contributed by atoms with Crippen LogP contribution in [0.1, 0.15) is 36.6 Å². The molecule has 5 rings (SSSR count). The Hall–Kier alpha value is -4.46. The van der Waals surface area contributed by atoms with E-state index in [0.29, 0.717) is 34.9 Å². The van der Waals surface area contributed by atoms with Crippen molar-refractivity contribution in [3.8, 4) is 5.75 Å². The average Bonchev–Trinajstić information content (AvgIpc) is 3.40. The number of aliphatic hydroxyl groups is 1. The largest absolute Gasteiger partial charge is 0.507 e. The van der Waals surface area contributed by atoms with Crippen LogP contribution in [0, 0.1) is 12.8 Å². The molecule has 0 bridgehead atoms. The second kappa shape index (κ2) is 9.30. The lowest BCUT2D eigenvalue weighted by Crippen LogP contribution is -2.30. The molecule has 1 fully saturated rings. The Balaban J connectivity index is 1.65. The van der Waals surface area contributed by atoms with Crippen molar-refractivity contribution in [2.45, 2.75) is 26.8 Å². The van der Waals surface area contributed by atoms with E-state index in [9.17, 15) is 14.7 Å². The SMILES string of the molecule is Cc1ccc2nc(N3C(=O)C(=O)/C(=C(/O)c4cccc(OCC(C)C)c4)C3c3cccnc3)[nH]c2c1. The summed E-state index contributed by atoms with van der Waals surface area (Å²) < 4.78 is 5.79. The molecule has 1 aliphatic rings. The maximum Gasteiger partial charge on any atom is 0.302 e. The zero-order chi connectivity index (χ0) is 25.4. The monoisotopic (exact) mass is 482 g/mol. The lowest BCUT2D eigenvalue weighted by molar-refractivity contribution is -0.132. The zero-order valence-corrected chi connectivity index (χ0v) is 20.2. The highest BCUT2D eigenvalue weighted by Crippen LogP contribution is 2.41. The van der Waals surface area contributed by atoms with Gasteiger partial charge in [-0.2, -0.15) is 0 Å². The number of aromatic amines is 1. The van der Waals surface area contributed by atoms with Gasteiger partial charge in [-0.05, 0) is 54.3 Å². The Labute approximate surface area is 208 Å². The van der Waals surface area contributed by atoms with Crippen LogP contribution in [0.2, 0.25) is 0 Å². The minimum absolute atomic E-state index is 0.0364. The molecule has 1 aliphatic heterocycles. The van der Waals surface area contributed by atoms with Crippen molar-refractivity contribution in [1.29, 1.82) is 0 Å². The van der Waals surface area contributed by atoms with Crippen LogP contribution in [0.25, 0.3) is 16.8 Å². The van der Waals surface area contributed by atoms with Gasteiger partial charge >= 0.3 is 5.91 Å². The first-order chi connectivity index (χ1) is 17.3. The molecule has 2 N–H and O–H groups in total. The fourth-order valence-corrected chi connectivity index (χ4v) is 4.28. The van der Waals surface area contributed by atoms with Crippen LogP contribution in [0.5, 0.6) is 5.75 Å². The van der Waals surface area contributed by atoms with Crippen LogP contribution >= 0.6 is 0 Å². The van der Waals surface area contributed by atoms with Gasteiger partial charge in [-0.3, -0.25) is 19.5 Å². The maximum absolute atomic E-state index is 13.4. The lowest BCUT2D eigenvalue weighted by atomic mass is 9.96. The molecular weight excluding hydrogens is 456 g/mol. The molecule has 0 aliphatic carbocycles. The Morgan fingerprint density at radius 3 is 2.72 bits per heavy atom. The summed E-state index contributed by atoms with van der Waals surface area (Å²) >= 11 is 0. The van der Waals surface area contributed by atoms with E-state index in [2.05, 4.69) is 15.0 Å². The van der Waals surface area contributed by atoms with Gasteiger partial charge in [0.1, 0.15) is 11.5 Å². The molecule has 8 nitrogen and oxygen atoms in total. The van der Waals surface area contributed by atoms with E-state index >= 15 is 0 Å². The van der Waals surface area contributed by atoms with Gasteiger partial charge in [-0.1, -0.05) is 38.1 Å². The predicted octanol–water partition coefficient (Wildman–Crippen LogP) is 4.93. The number of fused-ring (bicyclic) bond motifs is 1. The molecular formula is C28H26N4O4. The molecule has 3 heterocycles. The predicted molar refractivity (Wildman–Crippen MR) is 137 cm³/mol. The summed E-state index contributed by atoms with van der Waals surface area (Å²) in [6.07, 6.45) is 3.18. The second-order valence-corrected chi connectivity index (χ2v) is 9.27. The summed E-state index contributed by atoms with van der Waals surface area (Å²) in [5.74, 6) is -0.760. The van der Waals surface area contributed by atoms with Gasteiger partial charge in [0.05, 0.1) is 29.3 Å². The summed E-state index contributed by atoms with van der Waals surface area (Å²) in [7, 11) is 0. The highest BCUT2D eigenvalue weighted by Gasteiger charge is 2.48. The summed E-state index contributed by atoms with van der Waals surface area (Å²) in [5, 5.41) is 11.4. The third-order valence-electron chi connectivity index (χ3n) is 5.99. The molecule has 182 valence electrons. The molecule has 1 atom stereocenters. The number of ether oxygens (including phenoxy) is 1. The summed E-state index contributed by atoms with van der Waals surface area (Å²) in [6, 6.07) is 15.1. The van der Waals surface area contributed by atoms with Crippen molar-refractivity contribution in [3.05, 3.63) is 89.3 Å². The van der Waals surface area contributed by atoms with E-state index in [0.717, 1.165) is 11.1 Å². The molecule has 1 saturated heterocycles. The Morgan fingerprint density at radius 1 is 1.14 bits per heavy atom. The normalized spacial score (nSPS) is 17.3. The molecule has 8 heteroatoms. The van der Waals surface area contributed by atoms with Gasteiger partial charge in [0.2, 0.25) is 5.95 Å². The second-order valence-electron chi connectivity index (χ2n) is 9.27. The number of imidazole rings is 1. The van der Waals surface area contributed by atoms with Crippen molar-refractivity contribution in [2.75, 3.05) is 11.5 Å². The minimum Gasteiger partial charge on any atom is -0.507 e. The number of rotatable bonds is 6. The first-order valence-corrected chi connectivity index (χ1v) is 11.7. The van der Waals surface area contributed by atoms with E-state index in [-0.39, 0.29) is 17.3 Å². The van der Waals surface area contributed by atoms with Gasteiger partial charge in [0.15, 0.2) is 0 Å². The van der Waals surface area contributed by atoms with Crippen LogP contribution in [0.15, 0.2) is 72.6 Å². The first-order valence-electron chi connectivity index (χ1n) is 11.7. The highest BCUT2D eigenvalue weighted by molar-refractivity contribution is 6.51. The number of H-pyrrole nitrogens is 1. The number of amides is 1. The number of benzene rings is 2. The van der Waals surface area contributed by atoms with E-state index in [1.807, 2.05) is 39.0 Å². The molecule has 2 aromatic carbocycles. The standard InChI is InChI=1S/C28H26N4O4/c1-16(2)15-36-20-8-4-6-18(13-20)25(33)23-24(19-7-5-11-29-14-19)32(27(35)26(23)34)28-30-21-10-9-17(3)12-22(21)31-28/h4-14,16,24,33H,15H2,1-3H3,(H,30,31)/b25-23+. The fourth-order valence-electron chi connectivity index (χ4n) is 4.28. The van der Waals surface area contributed by atoms with E-state index in [1.54, 1.807) is 48.8 Å².